The lowest BCUT2D eigenvalue weighted by atomic mass is 10.1. The summed E-state index contributed by atoms with van der Waals surface area (Å²) >= 11 is 0. The number of carbonyl (C=O) groups excluding carboxylic acids is 1. The van der Waals surface area contributed by atoms with Gasteiger partial charge in [-0.2, -0.15) is 0 Å². The molecular weight excluding hydrogens is 356 g/mol. The van der Waals surface area contributed by atoms with E-state index in [1.54, 1.807) is 7.05 Å². The van der Waals surface area contributed by atoms with Crippen molar-refractivity contribution in [2.45, 2.75) is 51.8 Å². The van der Waals surface area contributed by atoms with E-state index in [-0.39, 0.29) is 18.1 Å². The van der Waals surface area contributed by atoms with Gasteiger partial charge in [0.25, 0.3) is 5.91 Å². The van der Waals surface area contributed by atoms with Crippen molar-refractivity contribution < 1.29 is 14.3 Å². The Morgan fingerprint density at radius 2 is 2.11 bits per heavy atom. The van der Waals surface area contributed by atoms with Crippen molar-refractivity contribution >= 4 is 11.9 Å². The molecule has 0 aromatic heterocycles. The topological polar surface area (TPSA) is 84.0 Å². The van der Waals surface area contributed by atoms with Gasteiger partial charge in [-0.25, -0.2) is 0 Å². The zero-order chi connectivity index (χ0) is 20.2. The smallest absolute Gasteiger partial charge is 0.251 e. The van der Waals surface area contributed by atoms with Crippen molar-refractivity contribution in [3.8, 4) is 0 Å². The van der Waals surface area contributed by atoms with Crippen molar-refractivity contribution in [3.63, 3.8) is 0 Å². The van der Waals surface area contributed by atoms with Crippen molar-refractivity contribution in [1.82, 2.24) is 16.0 Å². The summed E-state index contributed by atoms with van der Waals surface area (Å²) < 4.78 is 11.0. The zero-order valence-electron chi connectivity index (χ0n) is 17.3. The molecule has 0 aliphatic carbocycles. The molecule has 1 heterocycles. The predicted octanol–water partition coefficient (Wildman–Crippen LogP) is 2.08. The van der Waals surface area contributed by atoms with Crippen LogP contribution in [0.4, 0.5) is 0 Å². The minimum atomic E-state index is -0.0299. The second-order valence-corrected chi connectivity index (χ2v) is 7.04. The van der Waals surface area contributed by atoms with E-state index < -0.39 is 0 Å². The van der Waals surface area contributed by atoms with Crippen LogP contribution >= 0.6 is 0 Å². The largest absolute Gasteiger partial charge is 0.379 e. The lowest BCUT2D eigenvalue weighted by Crippen LogP contribution is -2.37. The number of amides is 1. The van der Waals surface area contributed by atoms with E-state index in [9.17, 15) is 4.79 Å². The van der Waals surface area contributed by atoms with Gasteiger partial charge in [-0.05, 0) is 43.9 Å². The number of benzene rings is 1. The minimum absolute atomic E-state index is 0.0299. The Hall–Kier alpha value is -2.12. The molecule has 1 amide bonds. The molecule has 1 aromatic rings. The third kappa shape index (κ3) is 7.86. The summed E-state index contributed by atoms with van der Waals surface area (Å²) in [5.41, 5.74) is 1.77. The number of hydrogen-bond acceptors (Lipinski definition) is 4. The Morgan fingerprint density at radius 3 is 2.75 bits per heavy atom. The number of ether oxygens (including phenoxy) is 2. The standard InChI is InChI=1S/C21H34N4O3/c1-4-16(2)25-20(26)18-8-6-17(7-9-18)14-24-21(22-3)23-11-5-12-28-19-10-13-27-15-19/h6-9,16,19H,4-5,10-15H2,1-3H3,(H,25,26)(H2,22,23,24). The van der Waals surface area contributed by atoms with Gasteiger partial charge in [0.2, 0.25) is 0 Å². The molecule has 7 heteroatoms. The molecule has 2 unspecified atom stereocenters. The molecule has 28 heavy (non-hydrogen) atoms. The molecule has 0 spiro atoms. The van der Waals surface area contributed by atoms with Crippen LogP contribution < -0.4 is 16.0 Å². The molecule has 7 nitrogen and oxygen atoms in total. The summed E-state index contributed by atoms with van der Waals surface area (Å²) in [4.78, 5) is 16.4. The van der Waals surface area contributed by atoms with Gasteiger partial charge in [0.05, 0.1) is 12.7 Å². The maximum atomic E-state index is 12.1. The number of aliphatic imine (C=N–C) groups is 1. The quantitative estimate of drug-likeness (QED) is 0.324. The Balaban J connectivity index is 1.65. The second kappa shape index (κ2) is 12.4. The van der Waals surface area contributed by atoms with Crippen LogP contribution in [0.3, 0.4) is 0 Å². The van der Waals surface area contributed by atoms with Gasteiger partial charge in [0, 0.05) is 45.0 Å². The van der Waals surface area contributed by atoms with Gasteiger partial charge in [-0.15, -0.1) is 0 Å². The fourth-order valence-corrected chi connectivity index (χ4v) is 2.76. The third-order valence-electron chi connectivity index (χ3n) is 4.74. The zero-order valence-corrected chi connectivity index (χ0v) is 17.3. The van der Waals surface area contributed by atoms with Crippen molar-refractivity contribution in [1.29, 1.82) is 0 Å². The van der Waals surface area contributed by atoms with Crippen LogP contribution in [0, 0.1) is 0 Å². The SMILES string of the molecule is CCC(C)NC(=O)c1ccc(CNC(=NC)NCCCOC2CCOC2)cc1. The summed E-state index contributed by atoms with van der Waals surface area (Å²) in [5.74, 6) is 0.723. The fourth-order valence-electron chi connectivity index (χ4n) is 2.76. The molecule has 3 N–H and O–H groups in total. The number of carbonyl (C=O) groups is 1. The van der Waals surface area contributed by atoms with Crippen molar-refractivity contribution in [2.24, 2.45) is 4.99 Å². The maximum Gasteiger partial charge on any atom is 0.251 e. The molecule has 1 aliphatic heterocycles. The monoisotopic (exact) mass is 390 g/mol. The van der Waals surface area contributed by atoms with Crippen LogP contribution in [0.25, 0.3) is 0 Å². The number of nitrogens with zero attached hydrogens (tertiary/aromatic N) is 1. The average molecular weight is 391 g/mol. The summed E-state index contributed by atoms with van der Waals surface area (Å²) in [6, 6.07) is 7.82. The molecule has 156 valence electrons. The molecule has 1 aliphatic rings. The Labute approximate surface area is 168 Å². The lowest BCUT2D eigenvalue weighted by molar-refractivity contribution is 0.0420. The predicted molar refractivity (Wildman–Crippen MR) is 112 cm³/mol. The molecule has 1 aromatic carbocycles. The number of nitrogens with one attached hydrogen (secondary N) is 3. The van der Waals surface area contributed by atoms with Gasteiger partial charge < -0.3 is 25.4 Å². The van der Waals surface area contributed by atoms with Gasteiger partial charge in [-0.1, -0.05) is 19.1 Å². The van der Waals surface area contributed by atoms with Gasteiger partial charge in [0.15, 0.2) is 5.96 Å². The fraction of sp³-hybridized carbons (Fsp3) is 0.619. The molecule has 1 fully saturated rings. The first kappa shape index (κ1) is 22.2. The highest BCUT2D eigenvalue weighted by Crippen LogP contribution is 2.08. The van der Waals surface area contributed by atoms with E-state index in [4.69, 9.17) is 9.47 Å². The summed E-state index contributed by atoms with van der Waals surface area (Å²) in [6.07, 6.45) is 3.08. The summed E-state index contributed by atoms with van der Waals surface area (Å²) in [5, 5.41) is 9.55. The highest BCUT2D eigenvalue weighted by molar-refractivity contribution is 5.94. The molecular formula is C21H34N4O3. The van der Waals surface area contributed by atoms with Crippen LogP contribution in [0.15, 0.2) is 29.3 Å². The Kier molecular flexibility index (Phi) is 9.79. The normalized spacial score (nSPS) is 18.0. The number of rotatable bonds is 10. The Bertz CT molecular complexity index is 613. The Morgan fingerprint density at radius 1 is 1.32 bits per heavy atom. The van der Waals surface area contributed by atoms with Crippen LogP contribution in [-0.2, 0) is 16.0 Å². The molecule has 2 atom stereocenters. The highest BCUT2D eigenvalue weighted by atomic mass is 16.5. The first-order valence-corrected chi connectivity index (χ1v) is 10.2. The van der Waals surface area contributed by atoms with E-state index >= 15 is 0 Å². The number of hydrogen-bond donors (Lipinski definition) is 3. The summed E-state index contributed by atoms with van der Waals surface area (Å²) in [6.45, 7) is 7.74. The first-order chi connectivity index (χ1) is 13.6. The average Bonchev–Trinajstić information content (AvgIpc) is 3.23. The molecule has 0 bridgehead atoms. The molecule has 0 radical (unpaired) electrons. The van der Waals surface area contributed by atoms with Crippen molar-refractivity contribution in [2.75, 3.05) is 33.4 Å². The lowest BCUT2D eigenvalue weighted by Gasteiger charge is -2.14. The van der Waals surface area contributed by atoms with Crippen LogP contribution in [0.1, 0.15) is 49.0 Å². The van der Waals surface area contributed by atoms with E-state index in [1.807, 2.05) is 31.2 Å². The molecule has 1 saturated heterocycles. The number of guanidine groups is 1. The summed E-state index contributed by atoms with van der Waals surface area (Å²) in [7, 11) is 1.75. The second-order valence-electron chi connectivity index (χ2n) is 7.04. The molecule has 0 saturated carbocycles. The van der Waals surface area contributed by atoms with E-state index in [0.717, 1.165) is 50.5 Å². The van der Waals surface area contributed by atoms with E-state index in [0.29, 0.717) is 18.7 Å². The third-order valence-corrected chi connectivity index (χ3v) is 4.74. The van der Waals surface area contributed by atoms with Crippen molar-refractivity contribution in [3.05, 3.63) is 35.4 Å². The van der Waals surface area contributed by atoms with Crippen LogP contribution in [-0.4, -0.2) is 57.4 Å². The van der Waals surface area contributed by atoms with Gasteiger partial charge in [-0.3, -0.25) is 9.79 Å². The molecule has 2 rings (SSSR count). The van der Waals surface area contributed by atoms with Crippen LogP contribution in [0.2, 0.25) is 0 Å². The van der Waals surface area contributed by atoms with Gasteiger partial charge in [0.1, 0.15) is 0 Å². The van der Waals surface area contributed by atoms with Crippen LogP contribution in [0.5, 0.6) is 0 Å². The highest BCUT2D eigenvalue weighted by Gasteiger charge is 2.15. The minimum Gasteiger partial charge on any atom is -0.379 e. The van der Waals surface area contributed by atoms with E-state index in [2.05, 4.69) is 27.9 Å². The van der Waals surface area contributed by atoms with E-state index in [1.165, 1.54) is 0 Å². The first-order valence-electron chi connectivity index (χ1n) is 10.2. The maximum absolute atomic E-state index is 12.1. The van der Waals surface area contributed by atoms with Gasteiger partial charge >= 0.3 is 0 Å².